The fourth-order valence-electron chi connectivity index (χ4n) is 3.03. The Morgan fingerprint density at radius 2 is 1.86 bits per heavy atom. The summed E-state index contributed by atoms with van der Waals surface area (Å²) in [5.41, 5.74) is 1.86. The Morgan fingerprint density at radius 1 is 1.19 bits per heavy atom. The van der Waals surface area contributed by atoms with Gasteiger partial charge in [0.05, 0.1) is 6.61 Å². The molecule has 0 aliphatic heterocycles. The Bertz CT molecular complexity index is 458. The van der Waals surface area contributed by atoms with Crippen LogP contribution in [0.4, 0.5) is 16.2 Å². The molecule has 1 aromatic carbocycles. The predicted molar refractivity (Wildman–Crippen MR) is 86.7 cm³/mol. The second-order valence-corrected chi connectivity index (χ2v) is 6.07. The fourth-order valence-corrected chi connectivity index (χ4v) is 3.03. The summed E-state index contributed by atoms with van der Waals surface area (Å²) in [4.78, 5) is 11.3. The van der Waals surface area contributed by atoms with Crippen molar-refractivity contribution in [1.29, 1.82) is 0 Å². The molecule has 4 nitrogen and oxygen atoms in total. The molecule has 0 radical (unpaired) electrons. The summed E-state index contributed by atoms with van der Waals surface area (Å²) in [7, 11) is 0. The number of anilines is 2. The van der Waals surface area contributed by atoms with Gasteiger partial charge in [0.1, 0.15) is 0 Å². The van der Waals surface area contributed by atoms with Crippen LogP contribution in [0, 0.1) is 11.8 Å². The van der Waals surface area contributed by atoms with Crippen molar-refractivity contribution < 1.29 is 9.53 Å². The molecule has 1 saturated carbocycles. The summed E-state index contributed by atoms with van der Waals surface area (Å²) in [6.45, 7) is 6.83. The molecule has 1 aliphatic carbocycles. The molecule has 0 heterocycles. The van der Waals surface area contributed by atoms with Crippen LogP contribution in [0.2, 0.25) is 0 Å². The maximum atomic E-state index is 11.3. The summed E-state index contributed by atoms with van der Waals surface area (Å²) in [6, 6.07) is 8.36. The molecule has 3 unspecified atom stereocenters. The van der Waals surface area contributed by atoms with Gasteiger partial charge in [0.15, 0.2) is 0 Å². The Kier molecular flexibility index (Phi) is 5.48. The number of hydrogen-bond acceptors (Lipinski definition) is 3. The Balaban J connectivity index is 1.89. The molecular weight excluding hydrogens is 264 g/mol. The van der Waals surface area contributed by atoms with Crippen LogP contribution in [-0.4, -0.2) is 18.7 Å². The third-order valence-corrected chi connectivity index (χ3v) is 4.19. The van der Waals surface area contributed by atoms with E-state index in [1.54, 1.807) is 6.92 Å². The van der Waals surface area contributed by atoms with E-state index in [9.17, 15) is 4.79 Å². The topological polar surface area (TPSA) is 50.4 Å². The molecule has 0 spiro atoms. The van der Waals surface area contributed by atoms with Crippen LogP contribution in [0.1, 0.15) is 40.0 Å². The van der Waals surface area contributed by atoms with Crippen molar-refractivity contribution in [3.8, 4) is 0 Å². The lowest BCUT2D eigenvalue weighted by Gasteiger charge is -2.33. The molecule has 21 heavy (non-hydrogen) atoms. The van der Waals surface area contributed by atoms with E-state index >= 15 is 0 Å². The molecule has 3 atom stereocenters. The molecule has 1 fully saturated rings. The first-order valence-corrected chi connectivity index (χ1v) is 7.89. The van der Waals surface area contributed by atoms with E-state index in [0.29, 0.717) is 18.6 Å². The van der Waals surface area contributed by atoms with Crippen molar-refractivity contribution in [2.45, 2.75) is 46.1 Å². The minimum Gasteiger partial charge on any atom is -0.450 e. The highest BCUT2D eigenvalue weighted by molar-refractivity contribution is 5.84. The molecule has 0 saturated heterocycles. The Labute approximate surface area is 127 Å². The second-order valence-electron chi connectivity index (χ2n) is 6.07. The maximum Gasteiger partial charge on any atom is 0.411 e. The molecule has 0 bridgehead atoms. The van der Waals surface area contributed by atoms with E-state index < -0.39 is 6.09 Å². The van der Waals surface area contributed by atoms with Gasteiger partial charge < -0.3 is 10.1 Å². The van der Waals surface area contributed by atoms with E-state index in [-0.39, 0.29) is 0 Å². The molecule has 1 amide bonds. The number of nitrogens with one attached hydrogen (secondary N) is 2. The second kappa shape index (κ2) is 7.34. The highest BCUT2D eigenvalue weighted by Crippen LogP contribution is 2.30. The quantitative estimate of drug-likeness (QED) is 0.859. The zero-order chi connectivity index (χ0) is 15.2. The molecule has 2 rings (SSSR count). The molecule has 1 aliphatic rings. The normalized spacial score (nSPS) is 25.2. The summed E-state index contributed by atoms with van der Waals surface area (Å²) in [6.07, 6.45) is 3.41. The number of carbonyl (C=O) groups is 1. The van der Waals surface area contributed by atoms with Gasteiger partial charge in [-0.15, -0.1) is 0 Å². The van der Waals surface area contributed by atoms with Crippen LogP contribution >= 0.6 is 0 Å². The van der Waals surface area contributed by atoms with Gasteiger partial charge in [-0.2, -0.15) is 0 Å². The van der Waals surface area contributed by atoms with Crippen molar-refractivity contribution in [3.63, 3.8) is 0 Å². The lowest BCUT2D eigenvalue weighted by molar-refractivity contribution is 0.168. The minimum atomic E-state index is -0.409. The van der Waals surface area contributed by atoms with E-state index in [4.69, 9.17) is 4.74 Å². The smallest absolute Gasteiger partial charge is 0.411 e. The largest absolute Gasteiger partial charge is 0.450 e. The summed E-state index contributed by atoms with van der Waals surface area (Å²) in [5, 5.41) is 6.31. The van der Waals surface area contributed by atoms with Crippen molar-refractivity contribution >= 4 is 17.5 Å². The van der Waals surface area contributed by atoms with Gasteiger partial charge in [0.25, 0.3) is 0 Å². The molecule has 116 valence electrons. The highest BCUT2D eigenvalue weighted by Gasteiger charge is 2.24. The van der Waals surface area contributed by atoms with Gasteiger partial charge in [-0.05, 0) is 62.3 Å². The number of amides is 1. The first kappa shape index (κ1) is 15.7. The van der Waals surface area contributed by atoms with Crippen molar-refractivity contribution in [3.05, 3.63) is 24.3 Å². The molecule has 0 aromatic heterocycles. The molecule has 1 aromatic rings. The zero-order valence-corrected chi connectivity index (χ0v) is 13.2. The van der Waals surface area contributed by atoms with Gasteiger partial charge in [-0.25, -0.2) is 4.79 Å². The van der Waals surface area contributed by atoms with Gasteiger partial charge in [0, 0.05) is 17.4 Å². The van der Waals surface area contributed by atoms with Crippen molar-refractivity contribution in [2.24, 2.45) is 11.8 Å². The van der Waals surface area contributed by atoms with Crippen molar-refractivity contribution in [2.75, 3.05) is 17.2 Å². The molecule has 4 heteroatoms. The number of rotatable bonds is 4. The monoisotopic (exact) mass is 290 g/mol. The number of hydrogen-bond donors (Lipinski definition) is 2. The van der Waals surface area contributed by atoms with Gasteiger partial charge in [0.2, 0.25) is 0 Å². The van der Waals surface area contributed by atoms with Crippen molar-refractivity contribution in [1.82, 2.24) is 0 Å². The predicted octanol–water partition coefficient (Wildman–Crippen LogP) is 4.49. The van der Waals surface area contributed by atoms with E-state index in [1.165, 1.54) is 19.3 Å². The Hall–Kier alpha value is -1.71. The first-order valence-electron chi connectivity index (χ1n) is 7.89. The maximum absolute atomic E-state index is 11.3. The number of ether oxygens (including phenoxy) is 1. The highest BCUT2D eigenvalue weighted by atomic mass is 16.5. The zero-order valence-electron chi connectivity index (χ0n) is 13.2. The number of benzene rings is 1. The Morgan fingerprint density at radius 3 is 2.48 bits per heavy atom. The summed E-state index contributed by atoms with van der Waals surface area (Å²) < 4.78 is 4.86. The third-order valence-electron chi connectivity index (χ3n) is 4.19. The standard InChI is InChI=1S/C17H26N2O2/c1-4-21-17(20)19-15-8-6-14(7-9-15)18-16-10-5-12(2)11-13(16)3/h6-9,12-13,16,18H,4-5,10-11H2,1-3H3,(H,19,20). The van der Waals surface area contributed by atoms with Crippen LogP contribution in [0.25, 0.3) is 0 Å². The van der Waals surface area contributed by atoms with Crippen LogP contribution in [-0.2, 0) is 4.74 Å². The van der Waals surface area contributed by atoms with E-state index in [0.717, 1.165) is 17.3 Å². The van der Waals surface area contributed by atoms with Crippen LogP contribution in [0.3, 0.4) is 0 Å². The van der Waals surface area contributed by atoms with Crippen LogP contribution in [0.15, 0.2) is 24.3 Å². The third kappa shape index (κ3) is 4.66. The van der Waals surface area contributed by atoms with Crippen LogP contribution in [0.5, 0.6) is 0 Å². The first-order chi connectivity index (χ1) is 10.1. The summed E-state index contributed by atoms with van der Waals surface area (Å²) in [5.74, 6) is 1.54. The SMILES string of the molecule is CCOC(=O)Nc1ccc(NC2CCC(C)CC2C)cc1. The summed E-state index contributed by atoms with van der Waals surface area (Å²) >= 11 is 0. The lowest BCUT2D eigenvalue weighted by Crippen LogP contribution is -2.32. The fraction of sp³-hybridized carbons (Fsp3) is 0.588. The average Bonchev–Trinajstić information content (AvgIpc) is 2.44. The van der Waals surface area contributed by atoms with Gasteiger partial charge in [-0.1, -0.05) is 13.8 Å². The molecule has 2 N–H and O–H groups in total. The van der Waals surface area contributed by atoms with E-state index in [2.05, 4.69) is 24.5 Å². The van der Waals surface area contributed by atoms with Gasteiger partial charge in [-0.3, -0.25) is 5.32 Å². The van der Waals surface area contributed by atoms with E-state index in [1.807, 2.05) is 24.3 Å². The minimum absolute atomic E-state index is 0.378. The lowest BCUT2D eigenvalue weighted by atomic mass is 9.80. The molecular formula is C17H26N2O2. The van der Waals surface area contributed by atoms with Gasteiger partial charge >= 0.3 is 6.09 Å². The average molecular weight is 290 g/mol. The van der Waals surface area contributed by atoms with Crippen LogP contribution < -0.4 is 10.6 Å². The number of carbonyl (C=O) groups excluding carboxylic acids is 1.